The third kappa shape index (κ3) is 2.97. The Labute approximate surface area is 175 Å². The van der Waals surface area contributed by atoms with E-state index in [4.69, 9.17) is 0 Å². The number of amides is 2. The van der Waals surface area contributed by atoms with E-state index in [1.54, 1.807) is 6.92 Å². The van der Waals surface area contributed by atoms with E-state index in [0.29, 0.717) is 11.3 Å². The molecule has 0 spiro atoms. The average molecular weight is 465 g/mol. The van der Waals surface area contributed by atoms with Crippen LogP contribution in [0.2, 0.25) is 0 Å². The van der Waals surface area contributed by atoms with Gasteiger partial charge in [-0.3, -0.25) is 14.5 Å². The highest BCUT2D eigenvalue weighted by Crippen LogP contribution is 2.44. The zero-order valence-electron chi connectivity index (χ0n) is 15.4. The molecule has 6 nitrogen and oxygen atoms in total. The fourth-order valence-electron chi connectivity index (χ4n) is 4.45. The Morgan fingerprint density at radius 2 is 1.89 bits per heavy atom. The third-order valence-corrected chi connectivity index (χ3v) is 7.89. The zero-order valence-corrected chi connectivity index (χ0v) is 17.8. The molecule has 8 heteroatoms. The normalized spacial score (nSPS) is 25.9. The highest BCUT2D eigenvalue weighted by atomic mass is 79.9. The molecule has 28 heavy (non-hydrogen) atoms. The van der Waals surface area contributed by atoms with Crippen molar-refractivity contribution in [1.29, 1.82) is 0 Å². The topological polar surface area (TPSA) is 86.7 Å². The van der Waals surface area contributed by atoms with E-state index in [9.17, 15) is 19.5 Å². The second-order valence-corrected chi connectivity index (χ2v) is 9.61. The first-order valence-corrected chi connectivity index (χ1v) is 11.1. The van der Waals surface area contributed by atoms with Crippen molar-refractivity contribution in [1.82, 2.24) is 10.2 Å². The summed E-state index contributed by atoms with van der Waals surface area (Å²) in [6.45, 7) is 1.73. The van der Waals surface area contributed by atoms with Crippen LogP contribution in [-0.4, -0.2) is 45.0 Å². The lowest BCUT2D eigenvalue weighted by atomic mass is 9.77. The van der Waals surface area contributed by atoms with Crippen LogP contribution in [-0.2, 0) is 19.8 Å². The fraction of sp³-hybridized carbons (Fsp3) is 0.450. The van der Waals surface area contributed by atoms with E-state index in [2.05, 4.69) is 21.2 Å². The molecule has 4 rings (SSSR count). The predicted molar refractivity (Wildman–Crippen MR) is 110 cm³/mol. The Morgan fingerprint density at radius 1 is 1.25 bits per heavy atom. The van der Waals surface area contributed by atoms with Gasteiger partial charge in [0.2, 0.25) is 5.91 Å². The van der Waals surface area contributed by atoms with Crippen LogP contribution in [0.3, 0.4) is 0 Å². The van der Waals surface area contributed by atoms with Gasteiger partial charge in [0.05, 0.1) is 5.41 Å². The Morgan fingerprint density at radius 3 is 2.50 bits per heavy atom. The summed E-state index contributed by atoms with van der Waals surface area (Å²) >= 11 is 4.93. The summed E-state index contributed by atoms with van der Waals surface area (Å²) in [4.78, 5) is 38.9. The van der Waals surface area contributed by atoms with Crippen molar-refractivity contribution in [2.45, 2.75) is 49.4 Å². The molecule has 0 unspecified atom stereocenters. The van der Waals surface area contributed by atoms with E-state index in [1.807, 2.05) is 24.3 Å². The number of β-lactam (4-membered cyclic amide) rings is 1. The number of carbonyl (C=O) groups is 3. The maximum absolute atomic E-state index is 13.3. The monoisotopic (exact) mass is 464 g/mol. The van der Waals surface area contributed by atoms with Crippen LogP contribution in [0, 0.1) is 0 Å². The Hall–Kier alpha value is -1.80. The molecule has 2 fully saturated rings. The number of fused-ring (bicyclic) bond motifs is 1. The molecule has 3 aliphatic rings. The fourth-order valence-corrected chi connectivity index (χ4v) is 6.01. The molecular weight excluding hydrogens is 444 g/mol. The summed E-state index contributed by atoms with van der Waals surface area (Å²) in [5, 5.41) is 12.1. The second-order valence-electron chi connectivity index (χ2n) is 7.59. The largest absolute Gasteiger partial charge is 0.477 e. The van der Waals surface area contributed by atoms with Crippen LogP contribution in [0.4, 0.5) is 0 Å². The number of hydrogen-bond acceptors (Lipinski definition) is 4. The van der Waals surface area contributed by atoms with Crippen molar-refractivity contribution < 1.29 is 19.5 Å². The Balaban J connectivity index is 1.56. The molecule has 148 valence electrons. The molecule has 0 bridgehead atoms. The van der Waals surface area contributed by atoms with E-state index in [0.717, 1.165) is 35.7 Å². The summed E-state index contributed by atoms with van der Waals surface area (Å²) in [5.41, 5.74) is 1.08. The maximum Gasteiger partial charge on any atom is 0.352 e. The van der Waals surface area contributed by atoms with Gasteiger partial charge < -0.3 is 10.4 Å². The molecule has 1 aliphatic carbocycles. The lowest BCUT2D eigenvalue weighted by Crippen LogP contribution is -2.71. The summed E-state index contributed by atoms with van der Waals surface area (Å²) in [6.07, 6.45) is 3.44. The molecule has 1 aromatic carbocycles. The first-order chi connectivity index (χ1) is 13.3. The van der Waals surface area contributed by atoms with E-state index in [1.165, 1.54) is 16.7 Å². The quantitative estimate of drug-likeness (QED) is 0.668. The van der Waals surface area contributed by atoms with Gasteiger partial charge in [0.25, 0.3) is 5.91 Å². The van der Waals surface area contributed by atoms with Gasteiger partial charge >= 0.3 is 5.97 Å². The number of halogens is 1. The SMILES string of the molecule is CC1=C(C(=O)O)N2C(=O)[C@@H](NC(=O)C3(c4ccc(Br)cc4)CCCC3)[C@H]2SC1. The first kappa shape index (κ1) is 19.5. The molecule has 2 heterocycles. The van der Waals surface area contributed by atoms with Crippen LogP contribution in [0.25, 0.3) is 0 Å². The summed E-state index contributed by atoms with van der Waals surface area (Å²) < 4.78 is 0.955. The van der Waals surface area contributed by atoms with Crippen LogP contribution >= 0.6 is 27.7 Å². The van der Waals surface area contributed by atoms with Crippen LogP contribution in [0.1, 0.15) is 38.2 Å². The molecule has 1 saturated carbocycles. The number of hydrogen-bond donors (Lipinski definition) is 2. The predicted octanol–water partition coefficient (Wildman–Crippen LogP) is 3.02. The third-order valence-electron chi connectivity index (χ3n) is 5.94. The number of benzene rings is 1. The molecule has 2 amide bonds. The molecule has 0 radical (unpaired) electrons. The molecule has 1 saturated heterocycles. The van der Waals surface area contributed by atoms with Gasteiger partial charge in [-0.15, -0.1) is 11.8 Å². The van der Waals surface area contributed by atoms with Crippen molar-refractivity contribution in [2.24, 2.45) is 0 Å². The molecule has 2 N–H and O–H groups in total. The van der Waals surface area contributed by atoms with Crippen molar-refractivity contribution in [2.75, 3.05) is 5.75 Å². The van der Waals surface area contributed by atoms with Gasteiger partial charge in [-0.05, 0) is 43.0 Å². The number of nitrogens with zero attached hydrogens (tertiary/aromatic N) is 1. The summed E-state index contributed by atoms with van der Waals surface area (Å²) in [7, 11) is 0. The highest BCUT2D eigenvalue weighted by Gasteiger charge is 2.55. The van der Waals surface area contributed by atoms with Gasteiger partial charge in [-0.25, -0.2) is 4.79 Å². The minimum Gasteiger partial charge on any atom is -0.477 e. The average Bonchev–Trinajstić information content (AvgIpc) is 3.17. The number of rotatable bonds is 4. The van der Waals surface area contributed by atoms with E-state index < -0.39 is 17.4 Å². The maximum atomic E-state index is 13.3. The minimum atomic E-state index is -1.09. The first-order valence-electron chi connectivity index (χ1n) is 9.30. The standard InChI is InChI=1S/C20H21BrN2O4S/c1-11-10-28-17-14(16(24)23(17)15(11)18(25)26)22-19(27)20(8-2-3-9-20)12-4-6-13(21)7-5-12/h4-7,14,17H,2-3,8-10H2,1H3,(H,22,27)(H,25,26)/t14-,17-/m1/s1. The van der Waals surface area contributed by atoms with Gasteiger partial charge in [0.1, 0.15) is 17.1 Å². The van der Waals surface area contributed by atoms with Crippen LogP contribution < -0.4 is 5.32 Å². The molecular formula is C20H21BrN2O4S. The highest BCUT2D eigenvalue weighted by molar-refractivity contribution is 9.10. The van der Waals surface area contributed by atoms with Crippen molar-refractivity contribution in [3.63, 3.8) is 0 Å². The number of aliphatic carboxylic acids is 1. The van der Waals surface area contributed by atoms with E-state index >= 15 is 0 Å². The number of carboxylic acid groups (broad SMARTS) is 1. The number of nitrogens with one attached hydrogen (secondary N) is 1. The Kier molecular flexibility index (Phi) is 5.03. The summed E-state index contributed by atoms with van der Waals surface area (Å²) in [6, 6.07) is 7.13. The van der Waals surface area contributed by atoms with Gasteiger partial charge in [0, 0.05) is 10.2 Å². The van der Waals surface area contributed by atoms with Crippen molar-refractivity contribution in [3.05, 3.63) is 45.6 Å². The Bertz CT molecular complexity index is 877. The molecule has 1 aromatic rings. The van der Waals surface area contributed by atoms with Crippen LogP contribution in [0.15, 0.2) is 40.0 Å². The molecule has 2 aliphatic heterocycles. The van der Waals surface area contributed by atoms with Crippen LogP contribution in [0.5, 0.6) is 0 Å². The van der Waals surface area contributed by atoms with Gasteiger partial charge in [0.15, 0.2) is 0 Å². The minimum absolute atomic E-state index is 0.0581. The summed E-state index contributed by atoms with van der Waals surface area (Å²) in [5.74, 6) is -1.02. The van der Waals surface area contributed by atoms with Crippen molar-refractivity contribution >= 4 is 45.5 Å². The smallest absolute Gasteiger partial charge is 0.352 e. The molecule has 2 atom stereocenters. The lowest BCUT2D eigenvalue weighted by Gasteiger charge is -2.50. The second kappa shape index (κ2) is 7.22. The van der Waals surface area contributed by atoms with Crippen molar-refractivity contribution in [3.8, 4) is 0 Å². The number of carbonyl (C=O) groups excluding carboxylic acids is 2. The number of thioether (sulfide) groups is 1. The zero-order chi connectivity index (χ0) is 20.1. The van der Waals surface area contributed by atoms with Gasteiger partial charge in [-0.2, -0.15) is 0 Å². The lowest BCUT2D eigenvalue weighted by molar-refractivity contribution is -0.151. The molecule has 0 aromatic heterocycles. The number of carboxylic acids is 1. The van der Waals surface area contributed by atoms with E-state index in [-0.39, 0.29) is 22.9 Å². The van der Waals surface area contributed by atoms with Gasteiger partial charge in [-0.1, -0.05) is 40.9 Å².